The lowest BCUT2D eigenvalue weighted by molar-refractivity contribution is -0.110. The van der Waals surface area contributed by atoms with Crippen molar-refractivity contribution in [2.45, 2.75) is 57.0 Å². The molecule has 0 spiro atoms. The van der Waals surface area contributed by atoms with Crippen molar-refractivity contribution in [1.82, 2.24) is 0 Å². The zero-order valence-electron chi connectivity index (χ0n) is 8.73. The Morgan fingerprint density at radius 3 is 1.75 bits per heavy atom. The summed E-state index contributed by atoms with van der Waals surface area (Å²) in [5.41, 5.74) is 0. The predicted octanol–water partition coefficient (Wildman–Crippen LogP) is 3.21. The van der Waals surface area contributed by atoms with Crippen molar-refractivity contribution < 1.29 is 4.79 Å². The second kappa shape index (κ2) is 7.83. The van der Waals surface area contributed by atoms with E-state index in [-0.39, 0.29) is 0 Å². The smallest absolute Gasteiger partial charge is 0.321 e. The van der Waals surface area contributed by atoms with Crippen molar-refractivity contribution in [2.24, 2.45) is 0 Å². The van der Waals surface area contributed by atoms with E-state index in [0.29, 0.717) is 4.65 Å². The van der Waals surface area contributed by atoms with Crippen LogP contribution >= 0.6 is 0 Å². The first-order valence-electron chi connectivity index (χ1n) is 5.22. The van der Waals surface area contributed by atoms with Gasteiger partial charge >= 0.3 is 14.1 Å². The number of carbonyl (C=O) groups is 1. The quantitative estimate of drug-likeness (QED) is 0.555. The van der Waals surface area contributed by atoms with Crippen LogP contribution in [-0.4, -0.2) is 18.8 Å². The topological polar surface area (TPSA) is 17.1 Å². The van der Waals surface area contributed by atoms with Crippen molar-refractivity contribution in [3.8, 4) is 0 Å². The van der Waals surface area contributed by atoms with Gasteiger partial charge in [-0.1, -0.05) is 50.1 Å². The summed E-state index contributed by atoms with van der Waals surface area (Å²) < 4.78 is 0.525. The lowest BCUT2D eigenvalue weighted by Gasteiger charge is -2.05. The fourth-order valence-corrected chi connectivity index (χ4v) is 4.36. The molecule has 0 aliphatic carbocycles. The number of rotatable bonds is 7. The third kappa shape index (κ3) is 5.80. The molecule has 0 radical (unpaired) electrons. The molecule has 0 aliphatic heterocycles. The first-order chi connectivity index (χ1) is 5.72. The van der Waals surface area contributed by atoms with Gasteiger partial charge in [-0.25, -0.2) is 0 Å². The van der Waals surface area contributed by atoms with Crippen LogP contribution in [0.3, 0.4) is 0 Å². The number of hydrogen-bond donors (Lipinski definition) is 0. The minimum atomic E-state index is -0.981. The molecule has 0 aromatic heterocycles. The van der Waals surface area contributed by atoms with E-state index in [9.17, 15) is 4.79 Å². The molecule has 0 bridgehead atoms. The Kier molecular flexibility index (Phi) is 7.96. The van der Waals surface area contributed by atoms with Crippen molar-refractivity contribution >= 4 is 18.8 Å². The van der Waals surface area contributed by atoms with Crippen LogP contribution in [0, 0.1) is 0 Å². The van der Waals surface area contributed by atoms with Gasteiger partial charge in [0.25, 0.3) is 0 Å². The van der Waals surface area contributed by atoms with E-state index in [1.54, 1.807) is 6.92 Å². The summed E-state index contributed by atoms with van der Waals surface area (Å²) >= 11 is -0.981. The highest BCUT2D eigenvalue weighted by molar-refractivity contribution is 6.89. The maximum absolute atomic E-state index is 11.2. The molecule has 0 saturated carbocycles. The van der Waals surface area contributed by atoms with E-state index in [0.717, 1.165) is 0 Å². The van der Waals surface area contributed by atoms with Gasteiger partial charge in [0.05, 0.1) is 0 Å². The molecule has 0 unspecified atom stereocenters. The molecule has 0 amide bonds. The van der Waals surface area contributed by atoms with Crippen LogP contribution in [0.2, 0.25) is 10.6 Å². The Bertz CT molecular complexity index is 115. The molecule has 2 heteroatoms. The number of hydrogen-bond acceptors (Lipinski definition) is 1. The van der Waals surface area contributed by atoms with Crippen LogP contribution in [-0.2, 0) is 4.79 Å². The van der Waals surface area contributed by atoms with Gasteiger partial charge in [-0.2, -0.15) is 0 Å². The Balaban J connectivity index is 3.62. The molecular formula is C10H21AlO. The van der Waals surface area contributed by atoms with Gasteiger partial charge in [0.15, 0.2) is 0 Å². The SMILES string of the molecule is CCC[CH2][Al]([CH2]CCC)[C](C)=O. The molecule has 1 nitrogen and oxygen atoms in total. The van der Waals surface area contributed by atoms with Crippen molar-refractivity contribution in [1.29, 1.82) is 0 Å². The summed E-state index contributed by atoms with van der Waals surface area (Å²) in [5.74, 6) is 0. The van der Waals surface area contributed by atoms with Crippen molar-refractivity contribution in [3.05, 3.63) is 0 Å². The Hall–Kier alpha value is 0.202. The van der Waals surface area contributed by atoms with Crippen LogP contribution in [0.5, 0.6) is 0 Å². The van der Waals surface area contributed by atoms with Gasteiger partial charge in [0, 0.05) is 4.65 Å². The van der Waals surface area contributed by atoms with Gasteiger partial charge < -0.3 is 4.79 Å². The number of carbonyl (C=O) groups excluding carboxylic acids is 1. The van der Waals surface area contributed by atoms with E-state index >= 15 is 0 Å². The Morgan fingerprint density at radius 2 is 1.50 bits per heavy atom. The van der Waals surface area contributed by atoms with Crippen LogP contribution in [0.1, 0.15) is 46.5 Å². The minimum absolute atomic E-state index is 0.525. The molecule has 0 fully saturated rings. The summed E-state index contributed by atoms with van der Waals surface area (Å²) in [4.78, 5) is 11.2. The summed E-state index contributed by atoms with van der Waals surface area (Å²) in [7, 11) is 0. The Morgan fingerprint density at radius 1 is 1.08 bits per heavy atom. The third-order valence-electron chi connectivity index (χ3n) is 2.39. The maximum atomic E-state index is 11.2. The highest BCUT2D eigenvalue weighted by Crippen LogP contribution is 2.10. The van der Waals surface area contributed by atoms with Gasteiger partial charge in [-0.05, 0) is 6.92 Å². The summed E-state index contributed by atoms with van der Waals surface area (Å²) in [6.07, 6.45) is 5.01. The summed E-state index contributed by atoms with van der Waals surface area (Å²) in [5, 5.41) is 2.48. The molecule has 0 heterocycles. The molecule has 0 atom stereocenters. The van der Waals surface area contributed by atoms with Crippen LogP contribution in [0.15, 0.2) is 0 Å². The molecule has 0 aliphatic rings. The molecule has 0 aromatic rings. The molecule has 0 aromatic carbocycles. The average Bonchev–Trinajstić information content (AvgIpc) is 2.04. The molecular weight excluding hydrogens is 163 g/mol. The molecule has 0 rings (SSSR count). The first kappa shape index (κ1) is 12.2. The largest absolute Gasteiger partial charge is 0.365 e. The van der Waals surface area contributed by atoms with E-state index in [4.69, 9.17) is 0 Å². The average molecular weight is 184 g/mol. The van der Waals surface area contributed by atoms with Crippen LogP contribution in [0.25, 0.3) is 0 Å². The molecule has 12 heavy (non-hydrogen) atoms. The van der Waals surface area contributed by atoms with E-state index in [2.05, 4.69) is 13.8 Å². The van der Waals surface area contributed by atoms with Crippen molar-refractivity contribution in [3.63, 3.8) is 0 Å². The minimum Gasteiger partial charge on any atom is -0.321 e. The number of unbranched alkanes of at least 4 members (excludes halogenated alkanes) is 2. The van der Waals surface area contributed by atoms with Gasteiger partial charge in [0.2, 0.25) is 0 Å². The summed E-state index contributed by atoms with van der Waals surface area (Å²) in [6.45, 7) is 6.19. The van der Waals surface area contributed by atoms with Crippen molar-refractivity contribution in [2.75, 3.05) is 0 Å². The first-order valence-corrected chi connectivity index (χ1v) is 7.43. The lowest BCUT2D eigenvalue weighted by atomic mass is 10.4. The second-order valence-electron chi connectivity index (χ2n) is 3.59. The maximum Gasteiger partial charge on any atom is 0.365 e. The zero-order chi connectivity index (χ0) is 9.40. The third-order valence-corrected chi connectivity index (χ3v) is 5.75. The Labute approximate surface area is 80.9 Å². The second-order valence-corrected chi connectivity index (χ2v) is 6.95. The highest BCUT2D eigenvalue weighted by atomic mass is 27.2. The monoisotopic (exact) mass is 184 g/mol. The van der Waals surface area contributed by atoms with Gasteiger partial charge in [-0.3, -0.25) is 0 Å². The standard InChI is InChI=1S/2C4H9.C2H3O.Al/c2*1-3-4-2;1-2-3;/h2*1,3-4H2,2H3;1H3;. The van der Waals surface area contributed by atoms with E-state index in [1.165, 1.54) is 36.2 Å². The normalized spacial score (nSPS) is 9.92. The molecule has 70 valence electrons. The van der Waals surface area contributed by atoms with Gasteiger partial charge in [-0.15, -0.1) is 0 Å². The summed E-state index contributed by atoms with van der Waals surface area (Å²) in [6, 6.07) is 0. The highest BCUT2D eigenvalue weighted by Gasteiger charge is 2.21. The van der Waals surface area contributed by atoms with Crippen LogP contribution in [0.4, 0.5) is 0 Å². The zero-order valence-corrected chi connectivity index (χ0v) is 9.88. The fraction of sp³-hybridized carbons (Fsp3) is 0.900. The molecule has 0 N–H and O–H groups in total. The molecule has 0 saturated heterocycles. The lowest BCUT2D eigenvalue weighted by Crippen LogP contribution is -2.22. The fourth-order valence-electron chi connectivity index (χ4n) is 1.45. The van der Waals surface area contributed by atoms with Gasteiger partial charge in [0.1, 0.15) is 0 Å². The van der Waals surface area contributed by atoms with E-state index in [1.807, 2.05) is 0 Å². The van der Waals surface area contributed by atoms with Crippen LogP contribution < -0.4 is 0 Å². The predicted molar refractivity (Wildman–Crippen MR) is 55.9 cm³/mol. The van der Waals surface area contributed by atoms with E-state index < -0.39 is 14.1 Å².